The Labute approximate surface area is 168 Å². The van der Waals surface area contributed by atoms with Crippen LogP contribution in [-0.2, 0) is 0 Å². The van der Waals surface area contributed by atoms with Crippen LogP contribution in [0.25, 0.3) is 5.69 Å². The number of rotatable bonds is 4. The first-order chi connectivity index (χ1) is 14.1. The Hall–Kier alpha value is -3.55. The summed E-state index contributed by atoms with van der Waals surface area (Å²) in [5.74, 6) is -0.250. The molecule has 0 saturated carbocycles. The quantitative estimate of drug-likeness (QED) is 0.736. The second kappa shape index (κ2) is 8.22. The van der Waals surface area contributed by atoms with Gasteiger partial charge < -0.3 is 10.2 Å². The Balaban J connectivity index is 1.33. The van der Waals surface area contributed by atoms with Crippen molar-refractivity contribution in [1.82, 2.24) is 30.2 Å². The zero-order chi connectivity index (χ0) is 20.2. The summed E-state index contributed by atoms with van der Waals surface area (Å²) in [4.78, 5) is 30.7. The van der Waals surface area contributed by atoms with E-state index in [4.69, 9.17) is 0 Å². The number of carbonyl (C=O) groups excluding carboxylic acids is 2. The van der Waals surface area contributed by atoms with E-state index in [0.717, 1.165) is 11.3 Å². The van der Waals surface area contributed by atoms with Crippen molar-refractivity contribution in [3.05, 3.63) is 71.8 Å². The van der Waals surface area contributed by atoms with Crippen LogP contribution < -0.4 is 5.32 Å². The number of carbonyl (C=O) groups is 2. The summed E-state index contributed by atoms with van der Waals surface area (Å²) >= 11 is 0. The van der Waals surface area contributed by atoms with Gasteiger partial charge in [0, 0.05) is 37.1 Å². The van der Waals surface area contributed by atoms with Crippen LogP contribution in [-0.4, -0.2) is 55.8 Å². The summed E-state index contributed by atoms with van der Waals surface area (Å²) < 4.78 is 1.61. The van der Waals surface area contributed by atoms with Gasteiger partial charge in [0.15, 0.2) is 5.69 Å². The van der Waals surface area contributed by atoms with E-state index in [1.807, 2.05) is 31.2 Å². The lowest BCUT2D eigenvalue weighted by atomic mass is 10.0. The lowest BCUT2D eigenvalue weighted by molar-refractivity contribution is 0.0692. The smallest absolute Gasteiger partial charge is 0.276 e. The maximum absolute atomic E-state index is 12.8. The van der Waals surface area contributed by atoms with Gasteiger partial charge in [-0.15, -0.1) is 5.10 Å². The summed E-state index contributed by atoms with van der Waals surface area (Å²) in [6.45, 7) is 3.15. The highest BCUT2D eigenvalue weighted by Gasteiger charge is 2.26. The number of likely N-dealkylation sites (tertiary alicyclic amines) is 1. The molecule has 2 amide bonds. The van der Waals surface area contributed by atoms with Crippen LogP contribution in [0.15, 0.2) is 55.0 Å². The Morgan fingerprint density at radius 2 is 1.72 bits per heavy atom. The molecule has 4 rings (SSSR count). The number of pyridine rings is 1. The Bertz CT molecular complexity index is 992. The lowest BCUT2D eigenvalue weighted by Crippen LogP contribution is -2.46. The van der Waals surface area contributed by atoms with Gasteiger partial charge in [-0.05, 0) is 44.0 Å². The number of aryl methyl sites for hydroxylation is 1. The molecule has 1 aromatic carbocycles. The number of aromatic nitrogens is 4. The van der Waals surface area contributed by atoms with Crippen molar-refractivity contribution in [1.29, 1.82) is 0 Å². The molecule has 8 nitrogen and oxygen atoms in total. The summed E-state index contributed by atoms with van der Waals surface area (Å²) in [5.41, 5.74) is 2.93. The van der Waals surface area contributed by atoms with Crippen molar-refractivity contribution in [2.24, 2.45) is 0 Å². The number of hydrogen-bond acceptors (Lipinski definition) is 5. The molecule has 0 radical (unpaired) electrons. The topological polar surface area (TPSA) is 93.0 Å². The number of nitrogens with zero attached hydrogens (tertiary/aromatic N) is 5. The number of benzene rings is 1. The van der Waals surface area contributed by atoms with Gasteiger partial charge >= 0.3 is 0 Å². The van der Waals surface area contributed by atoms with Crippen LogP contribution in [0.1, 0.15) is 39.3 Å². The van der Waals surface area contributed by atoms with Gasteiger partial charge in [-0.25, -0.2) is 4.68 Å². The molecular weight excluding hydrogens is 368 g/mol. The van der Waals surface area contributed by atoms with E-state index in [0.29, 0.717) is 37.2 Å². The molecule has 1 aliphatic rings. The normalized spacial score (nSPS) is 14.6. The van der Waals surface area contributed by atoms with Gasteiger partial charge in [-0.3, -0.25) is 14.6 Å². The zero-order valence-electron chi connectivity index (χ0n) is 16.2. The van der Waals surface area contributed by atoms with Gasteiger partial charge in [-0.2, -0.15) is 0 Å². The number of amides is 2. The molecule has 0 aliphatic carbocycles. The molecule has 0 unspecified atom stereocenters. The molecule has 1 N–H and O–H groups in total. The third-order valence-electron chi connectivity index (χ3n) is 5.07. The molecule has 0 atom stereocenters. The largest absolute Gasteiger partial charge is 0.349 e. The van der Waals surface area contributed by atoms with E-state index in [1.165, 1.54) is 0 Å². The van der Waals surface area contributed by atoms with Crippen molar-refractivity contribution < 1.29 is 9.59 Å². The highest BCUT2D eigenvalue weighted by molar-refractivity contribution is 5.94. The van der Waals surface area contributed by atoms with Crippen LogP contribution in [0.5, 0.6) is 0 Å². The molecule has 1 saturated heterocycles. The van der Waals surface area contributed by atoms with E-state index < -0.39 is 0 Å². The molecular formula is C21H22N6O2. The van der Waals surface area contributed by atoms with Gasteiger partial charge in [0.1, 0.15) is 0 Å². The van der Waals surface area contributed by atoms with Crippen molar-refractivity contribution in [3.63, 3.8) is 0 Å². The molecule has 0 spiro atoms. The minimum absolute atomic E-state index is 0.0444. The van der Waals surface area contributed by atoms with Gasteiger partial charge in [0.2, 0.25) is 0 Å². The van der Waals surface area contributed by atoms with Crippen molar-refractivity contribution in [2.75, 3.05) is 13.1 Å². The summed E-state index contributed by atoms with van der Waals surface area (Å²) in [7, 11) is 0. The lowest BCUT2D eigenvalue weighted by Gasteiger charge is -2.31. The fourth-order valence-electron chi connectivity index (χ4n) is 3.35. The Morgan fingerprint density at radius 1 is 1.03 bits per heavy atom. The molecule has 2 aromatic heterocycles. The standard InChI is InChI=1S/C21H22N6O2/c1-15-2-4-18(5-3-15)27-14-19(24-25-27)21(29)26-12-8-17(9-13-26)23-20(28)16-6-10-22-11-7-16/h2-7,10-11,14,17H,8-9,12-13H2,1H3,(H,23,28). The summed E-state index contributed by atoms with van der Waals surface area (Å²) in [6.07, 6.45) is 6.26. The minimum atomic E-state index is -0.137. The molecule has 8 heteroatoms. The molecule has 0 bridgehead atoms. The van der Waals surface area contributed by atoms with E-state index >= 15 is 0 Å². The third kappa shape index (κ3) is 4.31. The molecule has 3 aromatic rings. The minimum Gasteiger partial charge on any atom is -0.349 e. The Morgan fingerprint density at radius 3 is 2.41 bits per heavy atom. The van der Waals surface area contributed by atoms with Gasteiger partial charge in [-0.1, -0.05) is 22.9 Å². The van der Waals surface area contributed by atoms with Crippen molar-refractivity contribution in [2.45, 2.75) is 25.8 Å². The van der Waals surface area contributed by atoms with Crippen LogP contribution in [0, 0.1) is 6.92 Å². The average molecular weight is 390 g/mol. The van der Waals surface area contributed by atoms with Crippen molar-refractivity contribution in [3.8, 4) is 5.69 Å². The van der Waals surface area contributed by atoms with Crippen LogP contribution in [0.4, 0.5) is 0 Å². The van der Waals surface area contributed by atoms with Gasteiger partial charge in [0.05, 0.1) is 11.9 Å². The van der Waals surface area contributed by atoms with E-state index in [1.54, 1.807) is 40.3 Å². The molecule has 1 fully saturated rings. The number of hydrogen-bond donors (Lipinski definition) is 1. The molecule has 3 heterocycles. The Kier molecular flexibility index (Phi) is 5.33. The van der Waals surface area contributed by atoms with Crippen LogP contribution in [0.2, 0.25) is 0 Å². The van der Waals surface area contributed by atoms with E-state index in [-0.39, 0.29) is 17.9 Å². The SMILES string of the molecule is Cc1ccc(-n2cc(C(=O)N3CCC(NC(=O)c4ccncc4)CC3)nn2)cc1. The maximum atomic E-state index is 12.8. The highest BCUT2D eigenvalue weighted by atomic mass is 16.2. The zero-order valence-corrected chi connectivity index (χ0v) is 16.2. The van der Waals surface area contributed by atoms with E-state index in [9.17, 15) is 9.59 Å². The first kappa shape index (κ1) is 18.8. The third-order valence-corrected chi connectivity index (χ3v) is 5.07. The van der Waals surface area contributed by atoms with Crippen LogP contribution in [0.3, 0.4) is 0 Å². The maximum Gasteiger partial charge on any atom is 0.276 e. The predicted octanol–water partition coefficient (Wildman–Crippen LogP) is 2.01. The fraction of sp³-hybridized carbons (Fsp3) is 0.286. The van der Waals surface area contributed by atoms with E-state index in [2.05, 4.69) is 20.6 Å². The molecule has 29 heavy (non-hydrogen) atoms. The average Bonchev–Trinajstić information content (AvgIpc) is 3.25. The van der Waals surface area contributed by atoms with Crippen molar-refractivity contribution >= 4 is 11.8 Å². The first-order valence-electron chi connectivity index (χ1n) is 9.60. The monoisotopic (exact) mass is 390 g/mol. The second-order valence-electron chi connectivity index (χ2n) is 7.16. The second-order valence-corrected chi connectivity index (χ2v) is 7.16. The number of piperidine rings is 1. The van der Waals surface area contributed by atoms with Gasteiger partial charge in [0.25, 0.3) is 11.8 Å². The summed E-state index contributed by atoms with van der Waals surface area (Å²) in [5, 5.41) is 11.1. The molecule has 1 aliphatic heterocycles. The summed E-state index contributed by atoms with van der Waals surface area (Å²) in [6, 6.07) is 11.3. The molecule has 148 valence electrons. The van der Waals surface area contributed by atoms with Crippen LogP contribution >= 0.6 is 0 Å². The predicted molar refractivity (Wildman–Crippen MR) is 107 cm³/mol. The highest BCUT2D eigenvalue weighted by Crippen LogP contribution is 2.15. The number of nitrogens with one attached hydrogen (secondary N) is 1. The fourth-order valence-corrected chi connectivity index (χ4v) is 3.35. The first-order valence-corrected chi connectivity index (χ1v) is 9.60.